The minimum absolute atomic E-state index is 0.0485. The maximum atomic E-state index is 14.0. The summed E-state index contributed by atoms with van der Waals surface area (Å²) in [4.78, 5) is 17.4. The molecule has 1 aromatic carbocycles. The Morgan fingerprint density at radius 2 is 1.91 bits per heavy atom. The molecular formula is C21H24F4N4O3S. The van der Waals surface area contributed by atoms with Crippen LogP contribution in [-0.4, -0.2) is 39.2 Å². The molecule has 1 heterocycles. The number of amides is 1. The van der Waals surface area contributed by atoms with E-state index in [2.05, 4.69) is 10.3 Å². The number of nitrogens with one attached hydrogen (secondary N) is 2. The van der Waals surface area contributed by atoms with Gasteiger partial charge in [0.2, 0.25) is 15.9 Å². The van der Waals surface area contributed by atoms with Crippen molar-refractivity contribution in [1.82, 2.24) is 10.3 Å². The summed E-state index contributed by atoms with van der Waals surface area (Å²) in [5.41, 5.74) is -0.534. The van der Waals surface area contributed by atoms with Gasteiger partial charge < -0.3 is 10.2 Å². The third-order valence-electron chi connectivity index (χ3n) is 4.33. The van der Waals surface area contributed by atoms with Crippen molar-refractivity contribution in [2.75, 3.05) is 29.5 Å². The lowest BCUT2D eigenvalue weighted by Crippen LogP contribution is -2.22. The Morgan fingerprint density at radius 1 is 1.21 bits per heavy atom. The average Bonchev–Trinajstić information content (AvgIpc) is 2.71. The molecule has 2 aromatic rings. The van der Waals surface area contributed by atoms with E-state index in [0.717, 1.165) is 24.5 Å². The molecule has 12 heteroatoms. The van der Waals surface area contributed by atoms with E-state index >= 15 is 0 Å². The van der Waals surface area contributed by atoms with E-state index in [1.165, 1.54) is 24.3 Å². The Hall–Kier alpha value is -3.15. The van der Waals surface area contributed by atoms with Crippen LogP contribution < -0.4 is 14.9 Å². The van der Waals surface area contributed by atoms with E-state index in [1.54, 1.807) is 11.9 Å². The van der Waals surface area contributed by atoms with Gasteiger partial charge >= 0.3 is 6.18 Å². The molecule has 2 N–H and O–H groups in total. The molecule has 1 aromatic heterocycles. The summed E-state index contributed by atoms with van der Waals surface area (Å²) in [6.07, 6.45) is -0.520. The van der Waals surface area contributed by atoms with Gasteiger partial charge in [-0.3, -0.25) is 9.52 Å². The predicted octanol–water partition coefficient (Wildman–Crippen LogP) is 3.79. The van der Waals surface area contributed by atoms with Crippen molar-refractivity contribution in [3.8, 4) is 0 Å². The van der Waals surface area contributed by atoms with Gasteiger partial charge in [0.15, 0.2) is 0 Å². The molecule has 0 aliphatic rings. The molecule has 0 saturated heterocycles. The first kappa shape index (κ1) is 26.1. The van der Waals surface area contributed by atoms with Gasteiger partial charge in [0.25, 0.3) is 0 Å². The zero-order valence-corrected chi connectivity index (χ0v) is 19.0. The molecule has 2 rings (SSSR count). The molecule has 33 heavy (non-hydrogen) atoms. The van der Waals surface area contributed by atoms with Crippen molar-refractivity contribution in [2.45, 2.75) is 26.1 Å². The molecule has 0 spiro atoms. The van der Waals surface area contributed by atoms with E-state index in [4.69, 9.17) is 0 Å². The van der Waals surface area contributed by atoms with Gasteiger partial charge in [-0.25, -0.2) is 17.8 Å². The van der Waals surface area contributed by atoms with E-state index < -0.39 is 33.6 Å². The van der Waals surface area contributed by atoms with E-state index in [-0.39, 0.29) is 18.1 Å². The van der Waals surface area contributed by atoms with E-state index in [0.29, 0.717) is 24.1 Å². The molecule has 0 atom stereocenters. The summed E-state index contributed by atoms with van der Waals surface area (Å²) in [5, 5.41) is 2.53. The molecule has 0 aliphatic heterocycles. The fourth-order valence-electron chi connectivity index (χ4n) is 2.86. The van der Waals surface area contributed by atoms with Crippen LogP contribution in [0.4, 0.5) is 29.1 Å². The summed E-state index contributed by atoms with van der Waals surface area (Å²) in [7, 11) is -2.02. The van der Waals surface area contributed by atoms with Crippen LogP contribution in [-0.2, 0) is 27.5 Å². The van der Waals surface area contributed by atoms with E-state index in [9.17, 15) is 30.8 Å². The number of carbonyl (C=O) groups is 1. The van der Waals surface area contributed by atoms with Crippen molar-refractivity contribution < 1.29 is 30.8 Å². The van der Waals surface area contributed by atoms with Crippen LogP contribution in [0.5, 0.6) is 0 Å². The largest absolute Gasteiger partial charge is 0.433 e. The van der Waals surface area contributed by atoms with Crippen LogP contribution in [0.15, 0.2) is 36.4 Å². The summed E-state index contributed by atoms with van der Waals surface area (Å²) in [6.45, 7) is 2.30. The first-order valence-electron chi connectivity index (χ1n) is 9.81. The predicted molar refractivity (Wildman–Crippen MR) is 119 cm³/mol. The van der Waals surface area contributed by atoms with Crippen LogP contribution in [0, 0.1) is 5.82 Å². The van der Waals surface area contributed by atoms with Gasteiger partial charge in [-0.2, -0.15) is 13.2 Å². The summed E-state index contributed by atoms with van der Waals surface area (Å²) in [5.74, 6) is -1.27. The molecule has 0 unspecified atom stereocenters. The van der Waals surface area contributed by atoms with Crippen molar-refractivity contribution in [3.05, 3.63) is 59.0 Å². The van der Waals surface area contributed by atoms with Gasteiger partial charge in [-0.1, -0.05) is 13.0 Å². The Balaban J connectivity index is 2.11. The Labute approximate surface area is 189 Å². The number of sulfonamides is 1. The maximum Gasteiger partial charge on any atom is 0.433 e. The van der Waals surface area contributed by atoms with Crippen LogP contribution in [0.25, 0.3) is 6.08 Å². The van der Waals surface area contributed by atoms with Gasteiger partial charge in [-0.15, -0.1) is 0 Å². The first-order chi connectivity index (χ1) is 15.3. The number of pyridine rings is 1. The van der Waals surface area contributed by atoms with Crippen LogP contribution in [0.3, 0.4) is 0 Å². The number of anilines is 2. The molecule has 7 nitrogen and oxygen atoms in total. The molecule has 0 bridgehead atoms. The second-order valence-electron chi connectivity index (χ2n) is 7.27. The van der Waals surface area contributed by atoms with Crippen molar-refractivity contribution >= 4 is 33.5 Å². The molecule has 0 fully saturated rings. The standard InChI is InChI=1S/C21H24F4N4O3S/c1-4-11-29(2)20-15(6-9-18(27-20)21(23,24)25)7-10-19(30)26-13-14-5-8-17(16(22)12-14)28-33(3,31)32/h5-10,12,28H,4,11,13H2,1-3H3,(H,26,30)/b10-7+. The fourth-order valence-corrected chi connectivity index (χ4v) is 3.42. The number of hydrogen-bond donors (Lipinski definition) is 2. The highest BCUT2D eigenvalue weighted by atomic mass is 32.2. The monoisotopic (exact) mass is 488 g/mol. The second kappa shape index (κ2) is 10.6. The summed E-state index contributed by atoms with van der Waals surface area (Å²) >= 11 is 0. The second-order valence-corrected chi connectivity index (χ2v) is 9.02. The fraction of sp³-hybridized carbons (Fsp3) is 0.333. The molecule has 0 radical (unpaired) electrons. The number of carbonyl (C=O) groups excluding carboxylic acids is 1. The minimum atomic E-state index is -4.59. The summed E-state index contributed by atoms with van der Waals surface area (Å²) in [6, 6.07) is 5.84. The number of halogens is 4. The lowest BCUT2D eigenvalue weighted by atomic mass is 10.2. The first-order valence-corrected chi connectivity index (χ1v) is 11.7. The number of rotatable bonds is 9. The number of benzene rings is 1. The number of alkyl halides is 3. The van der Waals surface area contributed by atoms with Crippen LogP contribution in [0.2, 0.25) is 0 Å². The topological polar surface area (TPSA) is 91.4 Å². The molecule has 0 saturated carbocycles. The summed E-state index contributed by atoms with van der Waals surface area (Å²) < 4.78 is 77.6. The zero-order valence-electron chi connectivity index (χ0n) is 18.2. The Kier molecular flexibility index (Phi) is 8.42. The van der Waals surface area contributed by atoms with Crippen LogP contribution in [0.1, 0.15) is 30.2 Å². The highest BCUT2D eigenvalue weighted by Crippen LogP contribution is 2.30. The van der Waals surface area contributed by atoms with Crippen molar-refractivity contribution in [2.24, 2.45) is 0 Å². The van der Waals surface area contributed by atoms with Crippen molar-refractivity contribution in [1.29, 1.82) is 0 Å². The zero-order chi connectivity index (χ0) is 24.8. The minimum Gasteiger partial charge on any atom is -0.359 e. The number of hydrogen-bond acceptors (Lipinski definition) is 5. The highest BCUT2D eigenvalue weighted by Gasteiger charge is 2.33. The number of aromatic nitrogens is 1. The third-order valence-corrected chi connectivity index (χ3v) is 4.92. The normalized spacial score (nSPS) is 12.1. The number of nitrogens with zero attached hydrogens (tertiary/aromatic N) is 2. The maximum absolute atomic E-state index is 14.0. The Bertz CT molecular complexity index is 1130. The SMILES string of the molecule is CCCN(C)c1nc(C(F)(F)F)ccc1/C=C/C(=O)NCc1ccc(NS(C)(=O)=O)c(F)c1. The van der Waals surface area contributed by atoms with Gasteiger partial charge in [0.05, 0.1) is 11.9 Å². The Morgan fingerprint density at radius 3 is 2.48 bits per heavy atom. The lowest BCUT2D eigenvalue weighted by Gasteiger charge is -2.21. The van der Waals surface area contributed by atoms with Crippen molar-refractivity contribution in [3.63, 3.8) is 0 Å². The smallest absolute Gasteiger partial charge is 0.359 e. The average molecular weight is 489 g/mol. The van der Waals surface area contributed by atoms with Crippen LogP contribution >= 0.6 is 0 Å². The highest BCUT2D eigenvalue weighted by molar-refractivity contribution is 7.92. The molecule has 0 aliphatic carbocycles. The van der Waals surface area contributed by atoms with Gasteiger partial charge in [0, 0.05) is 31.8 Å². The quantitative estimate of drug-likeness (QED) is 0.414. The molecule has 180 valence electrons. The third kappa shape index (κ3) is 8.04. The lowest BCUT2D eigenvalue weighted by molar-refractivity contribution is -0.141. The van der Waals surface area contributed by atoms with E-state index in [1.807, 2.05) is 11.6 Å². The molecular weight excluding hydrogens is 464 g/mol. The van der Waals surface area contributed by atoms with Gasteiger partial charge in [0.1, 0.15) is 17.3 Å². The van der Waals surface area contributed by atoms with Gasteiger partial charge in [-0.05, 0) is 42.3 Å². The molecule has 1 amide bonds.